The van der Waals surface area contributed by atoms with Crippen molar-refractivity contribution in [2.75, 3.05) is 0 Å². The maximum Gasteiger partial charge on any atom is 0.220 e. The SMILES string of the molecule is CC(CC(CCc1ccc(C(=O)c2ccccc2)cc1)C(N)=O)C(N)=O. The fraction of sp³-hybridized carbons (Fsp3) is 0.286. The lowest BCUT2D eigenvalue weighted by atomic mass is 9.89. The highest BCUT2D eigenvalue weighted by Gasteiger charge is 2.21. The molecular formula is C21H24N2O3. The van der Waals surface area contributed by atoms with Crippen LogP contribution in [0.25, 0.3) is 0 Å². The van der Waals surface area contributed by atoms with Crippen molar-refractivity contribution in [3.05, 3.63) is 71.3 Å². The third-order valence-electron chi connectivity index (χ3n) is 4.56. The molecule has 0 saturated carbocycles. The van der Waals surface area contributed by atoms with Gasteiger partial charge in [-0.05, 0) is 24.8 Å². The van der Waals surface area contributed by atoms with Gasteiger partial charge in [-0.3, -0.25) is 14.4 Å². The molecule has 2 amide bonds. The van der Waals surface area contributed by atoms with Gasteiger partial charge in [-0.1, -0.05) is 61.5 Å². The molecule has 26 heavy (non-hydrogen) atoms. The fourth-order valence-corrected chi connectivity index (χ4v) is 2.84. The first kappa shape index (κ1) is 19.4. The van der Waals surface area contributed by atoms with Gasteiger partial charge < -0.3 is 11.5 Å². The Morgan fingerprint density at radius 3 is 1.96 bits per heavy atom. The number of benzene rings is 2. The lowest BCUT2D eigenvalue weighted by molar-refractivity contribution is -0.124. The summed E-state index contributed by atoms with van der Waals surface area (Å²) in [5, 5.41) is 0. The number of nitrogens with two attached hydrogens (primary N) is 2. The molecule has 0 heterocycles. The maximum absolute atomic E-state index is 12.4. The molecule has 136 valence electrons. The molecule has 0 bridgehead atoms. The molecule has 0 radical (unpaired) electrons. The second-order valence-corrected chi connectivity index (χ2v) is 6.57. The smallest absolute Gasteiger partial charge is 0.220 e. The molecule has 2 atom stereocenters. The highest BCUT2D eigenvalue weighted by atomic mass is 16.2. The van der Waals surface area contributed by atoms with Crippen LogP contribution in [0.4, 0.5) is 0 Å². The Hall–Kier alpha value is -2.95. The first-order chi connectivity index (χ1) is 12.4. The summed E-state index contributed by atoms with van der Waals surface area (Å²) in [6, 6.07) is 16.4. The molecule has 5 heteroatoms. The van der Waals surface area contributed by atoms with Crippen molar-refractivity contribution in [1.82, 2.24) is 0 Å². The molecule has 0 aliphatic carbocycles. The molecule has 0 aliphatic rings. The Labute approximate surface area is 153 Å². The van der Waals surface area contributed by atoms with Crippen molar-refractivity contribution in [3.8, 4) is 0 Å². The van der Waals surface area contributed by atoms with Gasteiger partial charge >= 0.3 is 0 Å². The summed E-state index contributed by atoms with van der Waals surface area (Å²) >= 11 is 0. The monoisotopic (exact) mass is 352 g/mol. The van der Waals surface area contributed by atoms with Gasteiger partial charge in [0.05, 0.1) is 0 Å². The molecule has 0 spiro atoms. The van der Waals surface area contributed by atoms with E-state index in [4.69, 9.17) is 11.5 Å². The van der Waals surface area contributed by atoms with Crippen LogP contribution in [0.3, 0.4) is 0 Å². The number of carbonyl (C=O) groups excluding carboxylic acids is 3. The highest BCUT2D eigenvalue weighted by molar-refractivity contribution is 6.08. The molecule has 0 saturated heterocycles. The van der Waals surface area contributed by atoms with Crippen LogP contribution >= 0.6 is 0 Å². The summed E-state index contributed by atoms with van der Waals surface area (Å²) in [6.45, 7) is 1.70. The van der Waals surface area contributed by atoms with Crippen LogP contribution in [-0.4, -0.2) is 17.6 Å². The van der Waals surface area contributed by atoms with E-state index in [1.165, 1.54) is 0 Å². The second-order valence-electron chi connectivity index (χ2n) is 6.57. The minimum atomic E-state index is -0.431. The summed E-state index contributed by atoms with van der Waals surface area (Å²) in [4.78, 5) is 35.2. The lowest BCUT2D eigenvalue weighted by Gasteiger charge is -2.16. The van der Waals surface area contributed by atoms with E-state index in [0.717, 1.165) is 5.56 Å². The summed E-state index contributed by atoms with van der Waals surface area (Å²) < 4.78 is 0. The molecule has 0 fully saturated rings. The van der Waals surface area contributed by atoms with Gasteiger partial charge in [0, 0.05) is 23.0 Å². The van der Waals surface area contributed by atoms with Crippen molar-refractivity contribution in [3.63, 3.8) is 0 Å². The average Bonchev–Trinajstić information content (AvgIpc) is 2.65. The minimum absolute atomic E-state index is 0.0255. The largest absolute Gasteiger partial charge is 0.369 e. The van der Waals surface area contributed by atoms with Gasteiger partial charge in [-0.15, -0.1) is 0 Å². The van der Waals surface area contributed by atoms with E-state index in [1.54, 1.807) is 31.2 Å². The van der Waals surface area contributed by atoms with Gasteiger partial charge in [0.1, 0.15) is 0 Å². The molecule has 2 aromatic carbocycles. The first-order valence-corrected chi connectivity index (χ1v) is 8.65. The summed E-state index contributed by atoms with van der Waals surface area (Å²) in [5.41, 5.74) is 13.0. The van der Waals surface area contributed by atoms with Crippen LogP contribution in [0.1, 0.15) is 41.3 Å². The zero-order chi connectivity index (χ0) is 19.1. The minimum Gasteiger partial charge on any atom is -0.369 e. The highest BCUT2D eigenvalue weighted by Crippen LogP contribution is 2.19. The number of primary amides is 2. The number of hydrogen-bond donors (Lipinski definition) is 2. The van der Waals surface area contributed by atoms with Gasteiger partial charge in [0.15, 0.2) is 5.78 Å². The first-order valence-electron chi connectivity index (χ1n) is 8.65. The van der Waals surface area contributed by atoms with Gasteiger partial charge in [0.2, 0.25) is 11.8 Å². The van der Waals surface area contributed by atoms with Gasteiger partial charge in [-0.2, -0.15) is 0 Å². The summed E-state index contributed by atoms with van der Waals surface area (Å²) in [7, 11) is 0. The molecule has 0 aliphatic heterocycles. The summed E-state index contributed by atoms with van der Waals surface area (Å²) in [5.74, 6) is -1.67. The number of ketones is 1. The van der Waals surface area contributed by atoms with Crippen LogP contribution in [0, 0.1) is 11.8 Å². The van der Waals surface area contributed by atoms with Crippen molar-refractivity contribution in [2.24, 2.45) is 23.3 Å². The van der Waals surface area contributed by atoms with E-state index in [0.29, 0.717) is 30.4 Å². The second kappa shape index (κ2) is 8.94. The van der Waals surface area contributed by atoms with E-state index in [2.05, 4.69) is 0 Å². The normalized spacial score (nSPS) is 13.0. The Kier molecular flexibility index (Phi) is 6.67. The van der Waals surface area contributed by atoms with Crippen molar-refractivity contribution >= 4 is 17.6 Å². The standard InChI is InChI=1S/C21H24N2O3/c1-14(20(22)25)13-18(21(23)26)12-9-15-7-10-17(11-8-15)19(24)16-5-3-2-4-6-16/h2-8,10-11,14,18H,9,12-13H2,1H3,(H2,22,25)(H2,23,26). The molecule has 5 nitrogen and oxygen atoms in total. The van der Waals surface area contributed by atoms with Crippen LogP contribution in [0.5, 0.6) is 0 Å². The number of carbonyl (C=O) groups is 3. The molecule has 4 N–H and O–H groups in total. The zero-order valence-corrected chi connectivity index (χ0v) is 14.9. The van der Waals surface area contributed by atoms with Crippen molar-refractivity contribution in [1.29, 1.82) is 0 Å². The van der Waals surface area contributed by atoms with E-state index in [1.807, 2.05) is 30.3 Å². The average molecular weight is 352 g/mol. The number of rotatable bonds is 9. The number of hydrogen-bond acceptors (Lipinski definition) is 3. The third kappa shape index (κ3) is 5.28. The van der Waals surface area contributed by atoms with Crippen LogP contribution in [0.2, 0.25) is 0 Å². The number of aryl methyl sites for hydroxylation is 1. The Morgan fingerprint density at radius 1 is 0.846 bits per heavy atom. The molecule has 2 unspecified atom stereocenters. The van der Waals surface area contributed by atoms with Crippen LogP contribution < -0.4 is 11.5 Å². The third-order valence-corrected chi connectivity index (χ3v) is 4.56. The summed E-state index contributed by atoms with van der Waals surface area (Å²) in [6.07, 6.45) is 1.53. The Bertz CT molecular complexity index is 770. The van der Waals surface area contributed by atoms with E-state index in [-0.39, 0.29) is 5.78 Å². The van der Waals surface area contributed by atoms with Crippen LogP contribution in [0.15, 0.2) is 54.6 Å². The Morgan fingerprint density at radius 2 is 1.42 bits per heavy atom. The predicted octanol–water partition coefficient (Wildman–Crippen LogP) is 2.46. The van der Waals surface area contributed by atoms with Crippen molar-refractivity contribution in [2.45, 2.75) is 26.2 Å². The van der Waals surface area contributed by atoms with Gasteiger partial charge in [-0.25, -0.2) is 0 Å². The molecule has 0 aromatic heterocycles. The zero-order valence-electron chi connectivity index (χ0n) is 14.9. The van der Waals surface area contributed by atoms with Crippen molar-refractivity contribution < 1.29 is 14.4 Å². The number of amides is 2. The molecular weight excluding hydrogens is 328 g/mol. The van der Waals surface area contributed by atoms with E-state index in [9.17, 15) is 14.4 Å². The predicted molar refractivity (Wildman–Crippen MR) is 100 cm³/mol. The van der Waals surface area contributed by atoms with Crippen LogP contribution in [-0.2, 0) is 16.0 Å². The topological polar surface area (TPSA) is 103 Å². The Balaban J connectivity index is 1.99. The van der Waals surface area contributed by atoms with E-state index >= 15 is 0 Å². The maximum atomic E-state index is 12.4. The molecule has 2 rings (SSSR count). The molecule has 2 aromatic rings. The quantitative estimate of drug-likeness (QED) is 0.677. The van der Waals surface area contributed by atoms with E-state index < -0.39 is 23.7 Å². The fourth-order valence-electron chi connectivity index (χ4n) is 2.84. The lowest BCUT2D eigenvalue weighted by Crippen LogP contribution is -2.30. The van der Waals surface area contributed by atoms with Gasteiger partial charge in [0.25, 0.3) is 0 Å².